The lowest BCUT2D eigenvalue weighted by molar-refractivity contribution is -0.129. The van der Waals surface area contributed by atoms with Crippen molar-refractivity contribution in [1.82, 2.24) is 0 Å². The fraction of sp³-hybridized carbons (Fsp3) is 0.208. The third kappa shape index (κ3) is 3.65. The highest BCUT2D eigenvalue weighted by Gasteiger charge is 2.48. The monoisotopic (exact) mass is 389 g/mol. The van der Waals surface area contributed by atoms with Gasteiger partial charge in [0, 0.05) is 16.3 Å². The van der Waals surface area contributed by atoms with Gasteiger partial charge in [-0.3, -0.25) is 4.79 Å². The van der Waals surface area contributed by atoms with Crippen LogP contribution >= 0.6 is 11.8 Å². The van der Waals surface area contributed by atoms with Gasteiger partial charge < -0.3 is 9.64 Å². The lowest BCUT2D eigenvalue weighted by Gasteiger charge is -2.47. The van der Waals surface area contributed by atoms with Crippen molar-refractivity contribution in [3.05, 3.63) is 90.0 Å². The van der Waals surface area contributed by atoms with E-state index < -0.39 is 0 Å². The van der Waals surface area contributed by atoms with Crippen LogP contribution in [0.5, 0.6) is 5.75 Å². The molecule has 3 nitrogen and oxygen atoms in total. The van der Waals surface area contributed by atoms with E-state index in [2.05, 4.69) is 37.3 Å². The zero-order chi connectivity index (χ0) is 19.5. The summed E-state index contributed by atoms with van der Waals surface area (Å²) in [7, 11) is 1.67. The number of carbonyl (C=O) groups is 1. The van der Waals surface area contributed by atoms with E-state index in [-0.39, 0.29) is 17.9 Å². The van der Waals surface area contributed by atoms with E-state index in [9.17, 15) is 4.79 Å². The van der Waals surface area contributed by atoms with E-state index in [1.54, 1.807) is 18.9 Å². The molecular formula is C24H23NO2S. The summed E-state index contributed by atoms with van der Waals surface area (Å²) in [5.41, 5.74) is 3.34. The molecule has 0 unspecified atom stereocenters. The number of β-lactam (4-membered cyclic amide) rings is 1. The molecule has 4 rings (SSSR count). The van der Waals surface area contributed by atoms with Crippen LogP contribution in [-0.2, 0) is 4.79 Å². The lowest BCUT2D eigenvalue weighted by atomic mass is 9.83. The van der Waals surface area contributed by atoms with Crippen molar-refractivity contribution >= 4 is 23.4 Å². The summed E-state index contributed by atoms with van der Waals surface area (Å²) in [6.07, 6.45) is 0. The minimum atomic E-state index is -0.0418. The van der Waals surface area contributed by atoms with Crippen molar-refractivity contribution in [3.63, 3.8) is 0 Å². The van der Waals surface area contributed by atoms with Crippen molar-refractivity contribution < 1.29 is 9.53 Å². The van der Waals surface area contributed by atoms with Crippen LogP contribution in [0.1, 0.15) is 17.2 Å². The van der Waals surface area contributed by atoms with Gasteiger partial charge in [-0.25, -0.2) is 0 Å². The second kappa shape index (κ2) is 8.11. The third-order valence-electron chi connectivity index (χ3n) is 5.14. The highest BCUT2D eigenvalue weighted by Crippen LogP contribution is 2.45. The number of rotatable bonds is 6. The van der Waals surface area contributed by atoms with Crippen LogP contribution in [0.25, 0.3) is 0 Å². The van der Waals surface area contributed by atoms with Gasteiger partial charge in [-0.1, -0.05) is 54.1 Å². The van der Waals surface area contributed by atoms with Gasteiger partial charge in [0.05, 0.1) is 19.1 Å². The summed E-state index contributed by atoms with van der Waals surface area (Å²) >= 11 is 1.71. The topological polar surface area (TPSA) is 29.5 Å². The first-order chi connectivity index (χ1) is 13.7. The van der Waals surface area contributed by atoms with E-state index in [1.165, 1.54) is 11.1 Å². The number of carbonyl (C=O) groups excluding carboxylic acids is 1. The Hall–Kier alpha value is -2.72. The number of aryl methyl sites for hydroxylation is 1. The molecule has 3 aromatic rings. The molecule has 28 heavy (non-hydrogen) atoms. The third-order valence-corrected chi connectivity index (χ3v) is 6.25. The van der Waals surface area contributed by atoms with Crippen LogP contribution in [0.4, 0.5) is 5.69 Å². The fourth-order valence-corrected chi connectivity index (χ4v) is 4.68. The van der Waals surface area contributed by atoms with Crippen molar-refractivity contribution in [3.8, 4) is 5.75 Å². The predicted molar refractivity (Wildman–Crippen MR) is 115 cm³/mol. The lowest BCUT2D eigenvalue weighted by Crippen LogP contribution is -2.56. The quantitative estimate of drug-likeness (QED) is 0.412. The molecule has 0 bridgehead atoms. The molecule has 1 amide bonds. The molecule has 0 aliphatic carbocycles. The molecule has 1 heterocycles. The Morgan fingerprint density at radius 1 is 0.964 bits per heavy atom. The maximum absolute atomic E-state index is 13.1. The van der Waals surface area contributed by atoms with E-state index >= 15 is 0 Å². The Labute approximate surface area is 170 Å². The zero-order valence-electron chi connectivity index (χ0n) is 16.0. The molecule has 0 spiro atoms. The van der Waals surface area contributed by atoms with Gasteiger partial charge in [0.25, 0.3) is 0 Å². The number of benzene rings is 3. The number of hydrogen-bond donors (Lipinski definition) is 0. The Morgan fingerprint density at radius 3 is 2.43 bits per heavy atom. The molecule has 1 fully saturated rings. The van der Waals surface area contributed by atoms with E-state index in [1.807, 2.05) is 53.4 Å². The predicted octanol–water partition coefficient (Wildman–Crippen LogP) is 5.50. The average molecular weight is 390 g/mol. The Balaban J connectivity index is 1.57. The molecule has 3 aromatic carbocycles. The van der Waals surface area contributed by atoms with Crippen molar-refractivity contribution in [2.45, 2.75) is 17.9 Å². The van der Waals surface area contributed by atoms with Gasteiger partial charge in [-0.2, -0.15) is 0 Å². The second-order valence-corrected chi connectivity index (χ2v) is 8.09. The van der Waals surface area contributed by atoms with Crippen molar-refractivity contribution in [2.75, 3.05) is 17.8 Å². The maximum atomic E-state index is 13.1. The van der Waals surface area contributed by atoms with E-state index in [0.717, 1.165) is 22.1 Å². The molecule has 1 aliphatic heterocycles. The molecular weight excluding hydrogens is 366 g/mol. The Bertz CT molecular complexity index is 956. The number of thioether (sulfide) groups is 1. The summed E-state index contributed by atoms with van der Waals surface area (Å²) in [5, 5.41) is 0. The fourth-order valence-electron chi connectivity index (χ4n) is 3.61. The van der Waals surface area contributed by atoms with Gasteiger partial charge in [0.1, 0.15) is 5.75 Å². The number of hydrogen-bond acceptors (Lipinski definition) is 3. The van der Waals surface area contributed by atoms with E-state index in [4.69, 9.17) is 4.74 Å². The molecule has 142 valence electrons. The Morgan fingerprint density at radius 2 is 1.71 bits per heavy atom. The largest absolute Gasteiger partial charge is 0.497 e. The number of methoxy groups -OCH3 is 1. The molecule has 2 atom stereocenters. The SMILES string of the molecule is COc1cccc(SC[C@H]2C(=O)N(c3ccc(C)cc3)[C@H]2c2ccccc2)c1. The summed E-state index contributed by atoms with van der Waals surface area (Å²) in [4.78, 5) is 16.1. The normalized spacial score (nSPS) is 18.6. The molecule has 4 heteroatoms. The van der Waals surface area contributed by atoms with Gasteiger partial charge >= 0.3 is 0 Å². The Kier molecular flexibility index (Phi) is 5.40. The van der Waals surface area contributed by atoms with Crippen LogP contribution in [0.15, 0.2) is 83.8 Å². The summed E-state index contributed by atoms with van der Waals surface area (Å²) < 4.78 is 5.31. The summed E-state index contributed by atoms with van der Waals surface area (Å²) in [5.74, 6) is 1.73. The number of anilines is 1. The standard InChI is InChI=1S/C24H23NO2S/c1-17-11-13-19(14-12-17)25-23(18-7-4-3-5-8-18)22(24(25)26)16-28-21-10-6-9-20(15-21)27-2/h3-15,22-23H,16H2,1-2H3/t22-,23+/m1/s1. The summed E-state index contributed by atoms with van der Waals surface area (Å²) in [6.45, 7) is 2.06. The van der Waals surface area contributed by atoms with Gasteiger partial charge in [-0.15, -0.1) is 11.8 Å². The minimum Gasteiger partial charge on any atom is -0.497 e. The van der Waals surface area contributed by atoms with Crippen molar-refractivity contribution in [1.29, 1.82) is 0 Å². The smallest absolute Gasteiger partial charge is 0.233 e. The van der Waals surface area contributed by atoms with Crippen LogP contribution in [0, 0.1) is 12.8 Å². The highest BCUT2D eigenvalue weighted by molar-refractivity contribution is 7.99. The first-order valence-electron chi connectivity index (χ1n) is 9.39. The molecule has 0 saturated carbocycles. The van der Waals surface area contributed by atoms with Gasteiger partial charge in [0.15, 0.2) is 0 Å². The highest BCUT2D eigenvalue weighted by atomic mass is 32.2. The van der Waals surface area contributed by atoms with Crippen LogP contribution in [-0.4, -0.2) is 18.8 Å². The second-order valence-electron chi connectivity index (χ2n) is 7.00. The molecule has 1 aliphatic rings. The minimum absolute atomic E-state index is 0.0418. The summed E-state index contributed by atoms with van der Waals surface area (Å²) in [6, 6.07) is 26.6. The molecule has 0 radical (unpaired) electrons. The first kappa shape index (κ1) is 18.6. The molecule has 1 saturated heterocycles. The van der Waals surface area contributed by atoms with Gasteiger partial charge in [-0.05, 0) is 42.8 Å². The average Bonchev–Trinajstić information content (AvgIpc) is 2.74. The van der Waals surface area contributed by atoms with Crippen molar-refractivity contribution in [2.24, 2.45) is 5.92 Å². The number of ether oxygens (including phenoxy) is 1. The van der Waals surface area contributed by atoms with E-state index in [0.29, 0.717) is 0 Å². The molecule has 0 N–H and O–H groups in total. The zero-order valence-corrected chi connectivity index (χ0v) is 16.9. The van der Waals surface area contributed by atoms with Gasteiger partial charge in [0.2, 0.25) is 5.91 Å². The van der Waals surface area contributed by atoms with Crippen LogP contribution in [0.3, 0.4) is 0 Å². The number of nitrogens with zero attached hydrogens (tertiary/aromatic N) is 1. The first-order valence-corrected chi connectivity index (χ1v) is 10.4. The van der Waals surface area contributed by atoms with Crippen LogP contribution in [0.2, 0.25) is 0 Å². The maximum Gasteiger partial charge on any atom is 0.233 e. The molecule has 0 aromatic heterocycles. The van der Waals surface area contributed by atoms with Crippen LogP contribution < -0.4 is 9.64 Å². The number of amides is 1.